The molecular formula is C7H11N. The summed E-state index contributed by atoms with van der Waals surface area (Å²) in [7, 11) is 0. The average molecular weight is 109 g/mol. The Bertz CT molecular complexity index is 92.6. The number of hydrogen-bond donors (Lipinski definition) is 0. The Morgan fingerprint density at radius 1 is 1.62 bits per heavy atom. The van der Waals surface area contributed by atoms with Gasteiger partial charge in [0.1, 0.15) is 0 Å². The second kappa shape index (κ2) is 4.57. The second-order valence-corrected chi connectivity index (χ2v) is 1.55. The summed E-state index contributed by atoms with van der Waals surface area (Å²) in [5, 5.41) is 8.79. The predicted octanol–water partition coefficient (Wildman–Crippen LogP) is 1.41. The summed E-state index contributed by atoms with van der Waals surface area (Å²) >= 11 is 0. The van der Waals surface area contributed by atoms with Crippen LogP contribution in [0.5, 0.6) is 0 Å². The fourth-order valence-electron chi connectivity index (χ4n) is 0.322. The molecule has 0 aromatic carbocycles. The number of allylic oxidation sites excluding steroid dienone is 2. The fourth-order valence-corrected chi connectivity index (χ4v) is 0.322. The van der Waals surface area contributed by atoms with Crippen molar-refractivity contribution in [2.45, 2.75) is 26.7 Å². The molecule has 0 atom stereocenters. The highest BCUT2D eigenvalue weighted by atomic mass is 14.4. The molecule has 44 valence electrons. The molecule has 0 aliphatic rings. The lowest BCUT2D eigenvalue weighted by molar-refractivity contribution is 1.18. The first-order chi connectivity index (χ1) is 3.81. The Hall–Kier alpha value is -0.590. The van der Waals surface area contributed by atoms with Crippen molar-refractivity contribution in [2.24, 2.45) is 0 Å². The predicted molar refractivity (Wildman–Crippen MR) is 35.5 cm³/mol. The first-order valence-electron chi connectivity index (χ1n) is 2.92. The van der Waals surface area contributed by atoms with Gasteiger partial charge in [-0.15, -0.1) is 0 Å². The first-order valence-corrected chi connectivity index (χ1v) is 2.92. The minimum Gasteiger partial charge on any atom is -0.155 e. The van der Waals surface area contributed by atoms with Crippen LogP contribution in [0.15, 0.2) is 6.08 Å². The Morgan fingerprint density at radius 2 is 2.25 bits per heavy atom. The van der Waals surface area contributed by atoms with E-state index in [-0.39, 0.29) is 0 Å². The lowest BCUT2D eigenvalue weighted by Crippen LogP contribution is -1.89. The highest BCUT2D eigenvalue weighted by Crippen LogP contribution is 1.82. The number of hydrogen-bond acceptors (Lipinski definition) is 0. The maximum absolute atomic E-state index is 8.79. The minimum absolute atomic E-state index is 0.409. The zero-order valence-corrected chi connectivity index (χ0v) is 5.44. The van der Waals surface area contributed by atoms with Gasteiger partial charge in [-0.05, 0) is 25.0 Å². The molecule has 0 N–H and O–H groups in total. The monoisotopic (exact) mass is 109 g/mol. The van der Waals surface area contributed by atoms with Crippen molar-refractivity contribution in [3.05, 3.63) is 12.2 Å². The smallest absolute Gasteiger partial charge is 0.0630 e. The Balaban J connectivity index is 3.37. The summed E-state index contributed by atoms with van der Waals surface area (Å²) in [4.78, 5) is 0. The summed E-state index contributed by atoms with van der Waals surface area (Å²) in [6, 6.07) is 0. The van der Waals surface area contributed by atoms with E-state index in [0.29, 0.717) is 12.1 Å². The number of nitrogens with zero attached hydrogens (tertiary/aromatic N) is 1. The van der Waals surface area contributed by atoms with Crippen molar-refractivity contribution in [1.82, 2.24) is 5.41 Å². The van der Waals surface area contributed by atoms with Crippen LogP contribution in [0.2, 0.25) is 0 Å². The van der Waals surface area contributed by atoms with Gasteiger partial charge in [-0.25, -0.2) is 0 Å². The van der Waals surface area contributed by atoms with Gasteiger partial charge in [0.25, 0.3) is 0 Å². The van der Waals surface area contributed by atoms with Crippen LogP contribution < -0.4 is 5.41 Å². The topological polar surface area (TPSA) is 22.3 Å². The van der Waals surface area contributed by atoms with Crippen LogP contribution >= 0.6 is 0 Å². The van der Waals surface area contributed by atoms with E-state index in [1.54, 1.807) is 6.08 Å². The maximum atomic E-state index is 8.79. The van der Waals surface area contributed by atoms with Gasteiger partial charge in [0.2, 0.25) is 0 Å². The van der Waals surface area contributed by atoms with Gasteiger partial charge in [0, 0.05) is 0 Å². The molecule has 0 unspecified atom stereocenters. The summed E-state index contributed by atoms with van der Waals surface area (Å²) in [6.07, 6.45) is 6.08. The van der Waals surface area contributed by atoms with E-state index in [2.05, 4.69) is 6.08 Å². The van der Waals surface area contributed by atoms with Crippen LogP contribution in [0, 0.1) is 6.08 Å². The van der Waals surface area contributed by atoms with Gasteiger partial charge in [-0.3, -0.25) is 0 Å². The molecule has 0 fully saturated rings. The molecule has 1 nitrogen and oxygen atoms in total. The quantitative estimate of drug-likeness (QED) is 0.489. The molecule has 0 amide bonds. The van der Waals surface area contributed by atoms with Crippen molar-refractivity contribution in [3.8, 4) is 0 Å². The van der Waals surface area contributed by atoms with Crippen molar-refractivity contribution >= 4 is 5.71 Å². The van der Waals surface area contributed by atoms with E-state index in [9.17, 15) is 0 Å². The van der Waals surface area contributed by atoms with Crippen molar-refractivity contribution in [2.75, 3.05) is 0 Å². The molecular weight excluding hydrogens is 98.1 g/mol. The van der Waals surface area contributed by atoms with E-state index in [1.165, 1.54) is 0 Å². The Labute approximate surface area is 50.9 Å². The van der Waals surface area contributed by atoms with Crippen LogP contribution in [0.4, 0.5) is 0 Å². The molecule has 0 aromatic heterocycles. The Kier molecular flexibility index (Phi) is 4.23. The van der Waals surface area contributed by atoms with Crippen molar-refractivity contribution < 1.29 is 0 Å². The largest absolute Gasteiger partial charge is 0.155 e. The van der Waals surface area contributed by atoms with Gasteiger partial charge in [0.05, 0.1) is 5.71 Å². The van der Waals surface area contributed by atoms with E-state index in [4.69, 9.17) is 5.41 Å². The third-order valence-electron chi connectivity index (χ3n) is 0.835. The van der Waals surface area contributed by atoms with Crippen molar-refractivity contribution in [3.63, 3.8) is 0 Å². The molecule has 0 aliphatic heterocycles. The van der Waals surface area contributed by atoms with Gasteiger partial charge in [-0.1, -0.05) is 13.8 Å². The lowest BCUT2D eigenvalue weighted by atomic mass is 10.2. The van der Waals surface area contributed by atoms with Crippen LogP contribution in [0.3, 0.4) is 0 Å². The molecule has 0 rings (SSSR count). The molecule has 0 aliphatic carbocycles. The van der Waals surface area contributed by atoms with Gasteiger partial charge in [-0.2, -0.15) is 5.41 Å². The molecule has 0 aromatic rings. The fraction of sp³-hybridized carbons (Fsp3) is 0.571. The second-order valence-electron chi connectivity index (χ2n) is 1.55. The third-order valence-corrected chi connectivity index (χ3v) is 0.835. The first kappa shape index (κ1) is 7.41. The van der Waals surface area contributed by atoms with Gasteiger partial charge in [0.15, 0.2) is 0 Å². The van der Waals surface area contributed by atoms with Crippen LogP contribution in [-0.4, -0.2) is 5.71 Å². The zero-order chi connectivity index (χ0) is 6.41. The van der Waals surface area contributed by atoms with E-state index < -0.39 is 0 Å². The molecule has 0 spiro atoms. The van der Waals surface area contributed by atoms with Crippen LogP contribution in [-0.2, 0) is 0 Å². The average Bonchev–Trinajstić information content (AvgIpc) is 1.83. The summed E-state index contributed by atoms with van der Waals surface area (Å²) in [6.45, 7) is 3.89. The third kappa shape index (κ3) is 3.59. The molecule has 0 heterocycles. The molecule has 0 saturated heterocycles. The molecule has 2 radical (unpaired) electrons. The highest BCUT2D eigenvalue weighted by molar-refractivity contribution is 5.92. The maximum Gasteiger partial charge on any atom is 0.0630 e. The standard InChI is InChI=1S/C7H11N/c1-3-5-6-7(8)4-2/h6H,3-4H2,1-2H3. The Morgan fingerprint density at radius 3 is 2.62 bits per heavy atom. The molecule has 0 saturated carbocycles. The zero-order valence-electron chi connectivity index (χ0n) is 5.44. The SMILES string of the molecule is CC/[C]=C\C(=[N])CC. The summed E-state index contributed by atoms with van der Waals surface area (Å²) < 4.78 is 0. The lowest BCUT2D eigenvalue weighted by Gasteiger charge is -1.82. The van der Waals surface area contributed by atoms with Gasteiger partial charge >= 0.3 is 0 Å². The van der Waals surface area contributed by atoms with Crippen LogP contribution in [0.1, 0.15) is 26.7 Å². The number of rotatable bonds is 3. The minimum atomic E-state index is 0.409. The van der Waals surface area contributed by atoms with Crippen molar-refractivity contribution in [1.29, 1.82) is 0 Å². The van der Waals surface area contributed by atoms with Gasteiger partial charge < -0.3 is 0 Å². The normalized spacial score (nSPS) is 10.2. The summed E-state index contributed by atoms with van der Waals surface area (Å²) in [5.41, 5.74) is 0.409. The molecule has 1 heteroatoms. The molecule has 0 bridgehead atoms. The van der Waals surface area contributed by atoms with Crippen LogP contribution in [0.25, 0.3) is 0 Å². The highest BCUT2D eigenvalue weighted by Gasteiger charge is 1.82. The molecule has 8 heavy (non-hydrogen) atoms. The summed E-state index contributed by atoms with van der Waals surface area (Å²) in [5.74, 6) is 0. The van der Waals surface area contributed by atoms with E-state index >= 15 is 0 Å². The van der Waals surface area contributed by atoms with E-state index in [1.807, 2.05) is 13.8 Å². The van der Waals surface area contributed by atoms with E-state index in [0.717, 1.165) is 6.42 Å².